The second-order valence-electron chi connectivity index (χ2n) is 4.83. The van der Waals surface area contributed by atoms with Crippen LogP contribution >= 0.6 is 15.9 Å². The zero-order valence-corrected chi connectivity index (χ0v) is 11.6. The molecule has 0 N–H and O–H groups in total. The van der Waals surface area contributed by atoms with Gasteiger partial charge in [0.15, 0.2) is 0 Å². The molecule has 1 aliphatic heterocycles. The normalized spacial score (nSPS) is 19.7. The molecule has 0 unspecified atom stereocenters. The van der Waals surface area contributed by atoms with Gasteiger partial charge >= 0.3 is 0 Å². The van der Waals surface area contributed by atoms with Crippen LogP contribution in [0.3, 0.4) is 0 Å². The number of halogens is 1. The van der Waals surface area contributed by atoms with Crippen LogP contribution in [-0.4, -0.2) is 50.1 Å². The lowest BCUT2D eigenvalue weighted by Gasteiger charge is -2.32. The smallest absolute Gasteiger partial charge is 0.0293 e. The van der Waals surface area contributed by atoms with Gasteiger partial charge in [0.05, 0.1) is 0 Å². The number of rotatable bonds is 5. The Hall–Kier alpha value is 0.140. The van der Waals surface area contributed by atoms with E-state index in [-0.39, 0.29) is 0 Å². The predicted octanol–water partition coefficient (Wildman–Crippen LogP) is 2.56. The third kappa shape index (κ3) is 5.69. The number of piperidine rings is 1. The molecule has 1 aliphatic rings. The summed E-state index contributed by atoms with van der Waals surface area (Å²) in [6.07, 6.45) is 4.07. The molecule has 0 aromatic rings. The summed E-state index contributed by atoms with van der Waals surface area (Å²) < 4.78 is 1.11. The van der Waals surface area contributed by atoms with E-state index in [2.05, 4.69) is 46.4 Å². The first-order valence-corrected chi connectivity index (χ1v) is 6.57. The van der Waals surface area contributed by atoms with Crippen LogP contribution in [0.2, 0.25) is 0 Å². The van der Waals surface area contributed by atoms with Crippen molar-refractivity contribution in [1.82, 2.24) is 9.80 Å². The topological polar surface area (TPSA) is 6.48 Å². The molecule has 2 nitrogen and oxygen atoms in total. The lowest BCUT2D eigenvalue weighted by Crippen LogP contribution is -2.35. The van der Waals surface area contributed by atoms with Crippen LogP contribution < -0.4 is 0 Å². The SMILES string of the molecule is C=C(Br)CN1CCC(CCN(C)C)CC1. The van der Waals surface area contributed by atoms with E-state index in [4.69, 9.17) is 0 Å². The van der Waals surface area contributed by atoms with Gasteiger partial charge in [0, 0.05) is 11.0 Å². The molecule has 0 atom stereocenters. The fourth-order valence-electron chi connectivity index (χ4n) is 2.12. The zero-order valence-electron chi connectivity index (χ0n) is 10.0. The third-order valence-corrected chi connectivity index (χ3v) is 3.34. The van der Waals surface area contributed by atoms with Gasteiger partial charge in [-0.25, -0.2) is 0 Å². The lowest BCUT2D eigenvalue weighted by molar-refractivity contribution is 0.185. The van der Waals surface area contributed by atoms with Gasteiger partial charge in [-0.3, -0.25) is 4.90 Å². The van der Waals surface area contributed by atoms with Crippen molar-refractivity contribution >= 4 is 15.9 Å². The summed E-state index contributed by atoms with van der Waals surface area (Å²) in [5.74, 6) is 0.937. The molecule has 88 valence electrons. The van der Waals surface area contributed by atoms with Gasteiger partial charge in [0.25, 0.3) is 0 Å². The van der Waals surface area contributed by atoms with Crippen LogP contribution in [0.1, 0.15) is 19.3 Å². The van der Waals surface area contributed by atoms with Crippen molar-refractivity contribution in [2.45, 2.75) is 19.3 Å². The Labute approximate surface area is 102 Å². The maximum atomic E-state index is 3.90. The second kappa shape index (κ2) is 6.66. The second-order valence-corrected chi connectivity index (χ2v) is 5.95. The zero-order chi connectivity index (χ0) is 11.3. The minimum Gasteiger partial charge on any atom is -0.309 e. The van der Waals surface area contributed by atoms with Gasteiger partial charge in [0.1, 0.15) is 0 Å². The van der Waals surface area contributed by atoms with Crippen molar-refractivity contribution in [2.75, 3.05) is 40.3 Å². The van der Waals surface area contributed by atoms with Crippen molar-refractivity contribution in [3.8, 4) is 0 Å². The van der Waals surface area contributed by atoms with E-state index in [1.807, 2.05) is 0 Å². The van der Waals surface area contributed by atoms with E-state index in [0.717, 1.165) is 16.9 Å². The average Bonchev–Trinajstić information content (AvgIpc) is 2.16. The van der Waals surface area contributed by atoms with Crippen molar-refractivity contribution in [1.29, 1.82) is 0 Å². The highest BCUT2D eigenvalue weighted by Gasteiger charge is 2.18. The first-order valence-electron chi connectivity index (χ1n) is 5.78. The first-order chi connectivity index (χ1) is 7.08. The van der Waals surface area contributed by atoms with Crippen molar-refractivity contribution in [3.63, 3.8) is 0 Å². The highest BCUT2D eigenvalue weighted by molar-refractivity contribution is 9.11. The Morgan fingerprint density at radius 2 is 2.00 bits per heavy atom. The van der Waals surface area contributed by atoms with Gasteiger partial charge < -0.3 is 4.90 Å². The highest BCUT2D eigenvalue weighted by atomic mass is 79.9. The molecular formula is C12H23BrN2. The molecule has 0 aromatic carbocycles. The van der Waals surface area contributed by atoms with Crippen LogP contribution in [0.4, 0.5) is 0 Å². The minimum absolute atomic E-state index is 0.937. The Morgan fingerprint density at radius 3 is 2.47 bits per heavy atom. The van der Waals surface area contributed by atoms with Gasteiger partial charge in [-0.1, -0.05) is 22.5 Å². The molecule has 3 heteroatoms. The van der Waals surface area contributed by atoms with E-state index < -0.39 is 0 Å². The predicted molar refractivity (Wildman–Crippen MR) is 70.4 cm³/mol. The van der Waals surface area contributed by atoms with Crippen LogP contribution in [0.5, 0.6) is 0 Å². The van der Waals surface area contributed by atoms with E-state index in [1.54, 1.807) is 0 Å². The molecule has 1 heterocycles. The first kappa shape index (κ1) is 13.2. The quantitative estimate of drug-likeness (QED) is 0.761. The van der Waals surface area contributed by atoms with Crippen LogP contribution in [0, 0.1) is 5.92 Å². The lowest BCUT2D eigenvalue weighted by atomic mass is 9.93. The Balaban J connectivity index is 2.15. The number of hydrogen-bond acceptors (Lipinski definition) is 2. The molecule has 1 fully saturated rings. The summed E-state index contributed by atoms with van der Waals surface area (Å²) in [5.41, 5.74) is 0. The summed E-state index contributed by atoms with van der Waals surface area (Å²) in [4.78, 5) is 4.77. The summed E-state index contributed by atoms with van der Waals surface area (Å²) >= 11 is 3.43. The van der Waals surface area contributed by atoms with E-state index in [9.17, 15) is 0 Å². The summed E-state index contributed by atoms with van der Waals surface area (Å²) in [6, 6.07) is 0. The summed E-state index contributed by atoms with van der Waals surface area (Å²) in [5, 5.41) is 0. The molecule has 0 saturated carbocycles. The molecule has 0 aromatic heterocycles. The molecule has 0 radical (unpaired) electrons. The highest BCUT2D eigenvalue weighted by Crippen LogP contribution is 2.21. The average molecular weight is 275 g/mol. The number of nitrogens with zero attached hydrogens (tertiary/aromatic N) is 2. The number of hydrogen-bond donors (Lipinski definition) is 0. The molecule has 0 spiro atoms. The molecule has 0 aliphatic carbocycles. The van der Waals surface area contributed by atoms with Crippen molar-refractivity contribution in [3.05, 3.63) is 11.1 Å². The molecule has 0 bridgehead atoms. The molecular weight excluding hydrogens is 252 g/mol. The third-order valence-electron chi connectivity index (χ3n) is 3.09. The van der Waals surface area contributed by atoms with Crippen LogP contribution in [0.15, 0.2) is 11.1 Å². The van der Waals surface area contributed by atoms with E-state index >= 15 is 0 Å². The van der Waals surface area contributed by atoms with E-state index in [1.165, 1.54) is 38.9 Å². The molecule has 15 heavy (non-hydrogen) atoms. The van der Waals surface area contributed by atoms with Gasteiger partial charge in [-0.15, -0.1) is 0 Å². The monoisotopic (exact) mass is 274 g/mol. The molecule has 1 saturated heterocycles. The Kier molecular flexibility index (Phi) is 5.87. The maximum absolute atomic E-state index is 3.90. The van der Waals surface area contributed by atoms with E-state index in [0.29, 0.717) is 0 Å². The van der Waals surface area contributed by atoms with Crippen molar-refractivity contribution in [2.24, 2.45) is 5.92 Å². The minimum atomic E-state index is 0.937. The van der Waals surface area contributed by atoms with Crippen molar-refractivity contribution < 1.29 is 0 Å². The Morgan fingerprint density at radius 1 is 1.40 bits per heavy atom. The summed E-state index contributed by atoms with van der Waals surface area (Å²) in [7, 11) is 4.31. The maximum Gasteiger partial charge on any atom is 0.0293 e. The van der Waals surface area contributed by atoms with Crippen LogP contribution in [0.25, 0.3) is 0 Å². The molecule has 1 rings (SSSR count). The van der Waals surface area contributed by atoms with Gasteiger partial charge in [-0.05, 0) is 58.9 Å². The molecule has 0 amide bonds. The van der Waals surface area contributed by atoms with Gasteiger partial charge in [-0.2, -0.15) is 0 Å². The summed E-state index contributed by atoms with van der Waals surface area (Å²) in [6.45, 7) is 8.62. The fraction of sp³-hybridized carbons (Fsp3) is 0.833. The van der Waals surface area contributed by atoms with Gasteiger partial charge in [0.2, 0.25) is 0 Å². The standard InChI is InChI=1S/C12H23BrN2/c1-11(13)10-15-8-5-12(6-9-15)4-7-14(2)3/h12H,1,4-10H2,2-3H3. The Bertz CT molecular complexity index is 196. The van der Waals surface area contributed by atoms with Crippen LogP contribution in [-0.2, 0) is 0 Å². The number of likely N-dealkylation sites (tertiary alicyclic amines) is 1. The fourth-order valence-corrected chi connectivity index (χ4v) is 2.47. The largest absolute Gasteiger partial charge is 0.309 e.